The Labute approximate surface area is 154 Å². The molecular formula is C19H18FN3O2S. The highest BCUT2D eigenvalue weighted by Gasteiger charge is 2.06. The van der Waals surface area contributed by atoms with Gasteiger partial charge in [0.05, 0.1) is 12.1 Å². The Balaban J connectivity index is 1.54. The second kappa shape index (κ2) is 8.53. The third-order valence-electron chi connectivity index (χ3n) is 3.79. The second-order valence-electron chi connectivity index (χ2n) is 5.75. The lowest BCUT2D eigenvalue weighted by molar-refractivity contribution is -0.120. The van der Waals surface area contributed by atoms with Gasteiger partial charge in [0.15, 0.2) is 0 Å². The molecule has 3 aromatic rings. The molecule has 7 heteroatoms. The van der Waals surface area contributed by atoms with E-state index in [9.17, 15) is 14.0 Å². The van der Waals surface area contributed by atoms with Crippen molar-refractivity contribution < 1.29 is 9.18 Å². The number of hydrogen-bond acceptors (Lipinski definition) is 4. The first-order valence-electron chi connectivity index (χ1n) is 8.25. The Morgan fingerprint density at radius 1 is 1.15 bits per heavy atom. The maximum absolute atomic E-state index is 13.0. The van der Waals surface area contributed by atoms with Crippen LogP contribution in [0, 0.1) is 5.82 Å². The molecular weight excluding hydrogens is 353 g/mol. The number of nitrogens with zero attached hydrogens (tertiary/aromatic N) is 2. The predicted octanol–water partition coefficient (Wildman–Crippen LogP) is 2.86. The van der Waals surface area contributed by atoms with Crippen molar-refractivity contribution >= 4 is 17.2 Å². The summed E-state index contributed by atoms with van der Waals surface area (Å²) in [6.07, 6.45) is 0.964. The first kappa shape index (κ1) is 18.0. The molecule has 2 aromatic heterocycles. The van der Waals surface area contributed by atoms with Gasteiger partial charge in [0.1, 0.15) is 5.82 Å². The summed E-state index contributed by atoms with van der Waals surface area (Å²) in [5, 5.41) is 9.11. The SMILES string of the molecule is O=C(Cc1cccs1)NCCCn1nc(-c2ccc(F)cc2)ccc1=O. The minimum absolute atomic E-state index is 0.0344. The number of aryl methyl sites for hydroxylation is 1. The van der Waals surface area contributed by atoms with Crippen molar-refractivity contribution in [3.05, 3.63) is 75.0 Å². The molecule has 0 aliphatic heterocycles. The zero-order valence-corrected chi connectivity index (χ0v) is 14.8. The van der Waals surface area contributed by atoms with Crippen LogP contribution in [0.15, 0.2) is 58.7 Å². The van der Waals surface area contributed by atoms with Crippen molar-refractivity contribution in [3.8, 4) is 11.3 Å². The standard InChI is InChI=1S/C19H18FN3O2S/c20-15-6-4-14(5-7-15)17-8-9-19(25)23(22-17)11-2-10-21-18(24)13-16-3-1-12-26-16/h1,3-9,12H,2,10-11,13H2,(H,21,24). The molecule has 0 spiro atoms. The molecule has 0 saturated carbocycles. The monoisotopic (exact) mass is 371 g/mol. The minimum atomic E-state index is -0.319. The average molecular weight is 371 g/mol. The van der Waals surface area contributed by atoms with Crippen molar-refractivity contribution in [1.82, 2.24) is 15.1 Å². The molecule has 1 amide bonds. The smallest absolute Gasteiger partial charge is 0.266 e. The fraction of sp³-hybridized carbons (Fsp3) is 0.211. The summed E-state index contributed by atoms with van der Waals surface area (Å²) in [5.41, 5.74) is 1.14. The fourth-order valence-corrected chi connectivity index (χ4v) is 3.18. The number of amides is 1. The lowest BCUT2D eigenvalue weighted by Crippen LogP contribution is -2.28. The molecule has 2 heterocycles. The van der Waals surface area contributed by atoms with Crippen LogP contribution in [-0.2, 0) is 17.8 Å². The molecule has 0 unspecified atom stereocenters. The number of halogens is 1. The third kappa shape index (κ3) is 4.86. The maximum Gasteiger partial charge on any atom is 0.266 e. The van der Waals surface area contributed by atoms with Gasteiger partial charge in [0.25, 0.3) is 5.56 Å². The van der Waals surface area contributed by atoms with E-state index in [0.717, 1.165) is 10.4 Å². The highest BCUT2D eigenvalue weighted by Crippen LogP contribution is 2.15. The molecule has 0 atom stereocenters. The van der Waals surface area contributed by atoms with Gasteiger partial charge >= 0.3 is 0 Å². The van der Waals surface area contributed by atoms with Crippen LogP contribution < -0.4 is 10.9 Å². The van der Waals surface area contributed by atoms with Crippen LogP contribution in [0.1, 0.15) is 11.3 Å². The first-order valence-corrected chi connectivity index (χ1v) is 9.13. The van der Waals surface area contributed by atoms with Crippen LogP contribution in [0.2, 0.25) is 0 Å². The van der Waals surface area contributed by atoms with E-state index in [4.69, 9.17) is 0 Å². The quantitative estimate of drug-likeness (QED) is 0.650. The van der Waals surface area contributed by atoms with Gasteiger partial charge in [-0.15, -0.1) is 11.3 Å². The van der Waals surface area contributed by atoms with Crippen molar-refractivity contribution in [1.29, 1.82) is 0 Å². The topological polar surface area (TPSA) is 64.0 Å². The molecule has 0 fully saturated rings. The van der Waals surface area contributed by atoms with E-state index in [1.54, 1.807) is 29.5 Å². The van der Waals surface area contributed by atoms with E-state index in [2.05, 4.69) is 10.4 Å². The van der Waals surface area contributed by atoms with Crippen LogP contribution in [-0.4, -0.2) is 22.2 Å². The van der Waals surface area contributed by atoms with E-state index in [-0.39, 0.29) is 17.3 Å². The maximum atomic E-state index is 13.0. The molecule has 1 aromatic carbocycles. The summed E-state index contributed by atoms with van der Waals surface area (Å²) >= 11 is 1.55. The molecule has 0 aliphatic carbocycles. The van der Waals surface area contributed by atoms with E-state index in [0.29, 0.717) is 31.6 Å². The molecule has 0 aliphatic rings. The number of hydrogen-bond donors (Lipinski definition) is 1. The normalized spacial score (nSPS) is 10.7. The van der Waals surface area contributed by atoms with Crippen LogP contribution in [0.3, 0.4) is 0 Å². The Morgan fingerprint density at radius 2 is 1.96 bits per heavy atom. The molecule has 0 radical (unpaired) electrons. The van der Waals surface area contributed by atoms with Crippen molar-refractivity contribution in [2.45, 2.75) is 19.4 Å². The predicted molar refractivity (Wildman–Crippen MR) is 99.5 cm³/mol. The second-order valence-corrected chi connectivity index (χ2v) is 6.78. The number of carbonyl (C=O) groups excluding carboxylic acids is 1. The number of rotatable bonds is 7. The summed E-state index contributed by atoms with van der Waals surface area (Å²) in [4.78, 5) is 24.8. The average Bonchev–Trinajstić information content (AvgIpc) is 3.14. The number of benzene rings is 1. The van der Waals surface area contributed by atoms with Gasteiger partial charge in [0, 0.05) is 29.6 Å². The van der Waals surface area contributed by atoms with Crippen LogP contribution in [0.4, 0.5) is 4.39 Å². The number of carbonyl (C=O) groups is 1. The van der Waals surface area contributed by atoms with Crippen LogP contribution in [0.5, 0.6) is 0 Å². The Morgan fingerprint density at radius 3 is 2.69 bits per heavy atom. The molecule has 1 N–H and O–H groups in total. The fourth-order valence-electron chi connectivity index (χ4n) is 2.47. The van der Waals surface area contributed by atoms with Crippen molar-refractivity contribution in [2.75, 3.05) is 6.54 Å². The van der Waals surface area contributed by atoms with Gasteiger partial charge in [-0.05, 0) is 48.2 Å². The molecule has 0 saturated heterocycles. The largest absolute Gasteiger partial charge is 0.356 e. The van der Waals surface area contributed by atoms with E-state index < -0.39 is 0 Å². The molecule has 26 heavy (non-hydrogen) atoms. The lowest BCUT2D eigenvalue weighted by Gasteiger charge is -2.08. The Kier molecular flexibility index (Phi) is 5.91. The molecule has 3 rings (SSSR count). The number of thiophene rings is 1. The first-order chi connectivity index (χ1) is 12.6. The van der Waals surface area contributed by atoms with Gasteiger partial charge in [-0.3, -0.25) is 9.59 Å². The Hall–Kier alpha value is -2.80. The number of nitrogens with one attached hydrogen (secondary N) is 1. The van der Waals surface area contributed by atoms with E-state index >= 15 is 0 Å². The third-order valence-corrected chi connectivity index (χ3v) is 4.67. The highest BCUT2D eigenvalue weighted by atomic mass is 32.1. The Bertz CT molecular complexity index is 921. The number of aromatic nitrogens is 2. The minimum Gasteiger partial charge on any atom is -0.356 e. The molecule has 5 nitrogen and oxygen atoms in total. The van der Waals surface area contributed by atoms with Gasteiger partial charge < -0.3 is 5.32 Å². The molecule has 134 valence electrons. The van der Waals surface area contributed by atoms with Crippen LogP contribution in [0.25, 0.3) is 11.3 Å². The van der Waals surface area contributed by atoms with Gasteiger partial charge in [-0.25, -0.2) is 9.07 Å². The van der Waals surface area contributed by atoms with E-state index in [1.165, 1.54) is 22.9 Å². The van der Waals surface area contributed by atoms with Gasteiger partial charge in [-0.1, -0.05) is 6.07 Å². The van der Waals surface area contributed by atoms with Gasteiger partial charge in [-0.2, -0.15) is 5.10 Å². The molecule has 0 bridgehead atoms. The summed E-state index contributed by atoms with van der Waals surface area (Å²) in [5.74, 6) is -0.354. The summed E-state index contributed by atoms with van der Waals surface area (Å²) in [6, 6.07) is 12.9. The van der Waals surface area contributed by atoms with Gasteiger partial charge in [0.2, 0.25) is 5.91 Å². The summed E-state index contributed by atoms with van der Waals surface area (Å²) in [6.45, 7) is 0.867. The lowest BCUT2D eigenvalue weighted by atomic mass is 10.1. The van der Waals surface area contributed by atoms with Crippen molar-refractivity contribution in [3.63, 3.8) is 0 Å². The zero-order valence-electron chi connectivity index (χ0n) is 14.0. The highest BCUT2D eigenvalue weighted by molar-refractivity contribution is 7.10. The zero-order chi connectivity index (χ0) is 18.4. The van der Waals surface area contributed by atoms with Crippen LogP contribution >= 0.6 is 11.3 Å². The summed E-state index contributed by atoms with van der Waals surface area (Å²) < 4.78 is 14.4. The summed E-state index contributed by atoms with van der Waals surface area (Å²) in [7, 11) is 0. The van der Waals surface area contributed by atoms with Crippen molar-refractivity contribution in [2.24, 2.45) is 0 Å². The van der Waals surface area contributed by atoms with E-state index in [1.807, 2.05) is 17.5 Å².